The molecule has 0 aliphatic heterocycles. The molecule has 1 unspecified atom stereocenters. The minimum Gasteiger partial charge on any atom is -0.507 e. The predicted octanol–water partition coefficient (Wildman–Crippen LogP) is 3.61. The zero-order valence-electron chi connectivity index (χ0n) is 10.7. The van der Waals surface area contributed by atoms with Crippen LogP contribution in [0.15, 0.2) is 42.5 Å². The average molecular weight is 276 g/mol. The Morgan fingerprint density at radius 2 is 2.00 bits per heavy atom. The predicted molar refractivity (Wildman–Crippen MR) is 73.2 cm³/mol. The Kier molecular flexibility index (Phi) is 3.84. The third kappa shape index (κ3) is 2.85. The zero-order chi connectivity index (χ0) is 14.7. The molecule has 20 heavy (non-hydrogen) atoms. The zero-order valence-corrected chi connectivity index (χ0v) is 10.7. The van der Waals surface area contributed by atoms with Gasteiger partial charge in [0.15, 0.2) is 0 Å². The minimum atomic E-state index is -0.538. The summed E-state index contributed by atoms with van der Waals surface area (Å²) in [6.07, 6.45) is 0. The first-order valence-corrected chi connectivity index (χ1v) is 5.97. The van der Waals surface area contributed by atoms with Crippen molar-refractivity contribution in [1.29, 1.82) is 0 Å². The molecule has 1 atom stereocenters. The van der Waals surface area contributed by atoms with Crippen molar-refractivity contribution in [2.45, 2.75) is 13.0 Å². The number of benzene rings is 2. The SMILES string of the molecule is CC(Nc1ccccc1[N+](=O)[O-])c1ccc(F)cc1O. The second-order valence-corrected chi connectivity index (χ2v) is 4.34. The number of phenolic OH excluding ortho intramolecular Hbond substituents is 1. The van der Waals surface area contributed by atoms with Gasteiger partial charge in [-0.3, -0.25) is 10.1 Å². The van der Waals surface area contributed by atoms with E-state index < -0.39 is 16.8 Å². The first-order valence-electron chi connectivity index (χ1n) is 5.97. The molecule has 6 heteroatoms. The summed E-state index contributed by atoms with van der Waals surface area (Å²) >= 11 is 0. The summed E-state index contributed by atoms with van der Waals surface area (Å²) in [5.41, 5.74) is 0.749. The number of anilines is 1. The lowest BCUT2D eigenvalue weighted by Gasteiger charge is -2.16. The van der Waals surface area contributed by atoms with E-state index >= 15 is 0 Å². The topological polar surface area (TPSA) is 75.4 Å². The van der Waals surface area contributed by atoms with E-state index in [1.807, 2.05) is 0 Å². The maximum absolute atomic E-state index is 12.9. The molecule has 5 nitrogen and oxygen atoms in total. The molecular formula is C14H13FN2O3. The molecule has 0 saturated carbocycles. The van der Waals surface area contributed by atoms with Gasteiger partial charge in [-0.15, -0.1) is 0 Å². The molecule has 0 amide bonds. The Morgan fingerprint density at radius 1 is 1.30 bits per heavy atom. The van der Waals surface area contributed by atoms with Crippen LogP contribution < -0.4 is 5.32 Å². The Balaban J connectivity index is 2.28. The van der Waals surface area contributed by atoms with Gasteiger partial charge in [0.2, 0.25) is 0 Å². The van der Waals surface area contributed by atoms with Crippen LogP contribution in [0.2, 0.25) is 0 Å². The van der Waals surface area contributed by atoms with Crippen LogP contribution in [0, 0.1) is 15.9 Å². The number of phenols is 1. The number of para-hydroxylation sites is 2. The summed E-state index contributed by atoms with van der Waals surface area (Å²) < 4.78 is 12.9. The first kappa shape index (κ1) is 13.8. The van der Waals surface area contributed by atoms with Crippen LogP contribution in [0.3, 0.4) is 0 Å². The lowest BCUT2D eigenvalue weighted by atomic mass is 10.1. The van der Waals surface area contributed by atoms with E-state index in [0.717, 1.165) is 6.07 Å². The van der Waals surface area contributed by atoms with Crippen LogP contribution in [0.5, 0.6) is 5.75 Å². The van der Waals surface area contributed by atoms with Crippen molar-refractivity contribution in [2.75, 3.05) is 5.32 Å². The van der Waals surface area contributed by atoms with Gasteiger partial charge in [-0.05, 0) is 19.1 Å². The number of rotatable bonds is 4. The lowest BCUT2D eigenvalue weighted by molar-refractivity contribution is -0.384. The monoisotopic (exact) mass is 276 g/mol. The number of nitro groups is 1. The molecule has 0 heterocycles. The van der Waals surface area contributed by atoms with Crippen molar-refractivity contribution in [1.82, 2.24) is 0 Å². The third-order valence-corrected chi connectivity index (χ3v) is 2.93. The number of halogens is 1. The van der Waals surface area contributed by atoms with Crippen molar-refractivity contribution in [2.24, 2.45) is 0 Å². The Bertz CT molecular complexity index is 646. The highest BCUT2D eigenvalue weighted by molar-refractivity contribution is 5.62. The molecule has 0 fully saturated rings. The smallest absolute Gasteiger partial charge is 0.292 e. The number of hydrogen-bond donors (Lipinski definition) is 2. The van der Waals surface area contributed by atoms with Gasteiger partial charge in [0.1, 0.15) is 17.3 Å². The van der Waals surface area contributed by atoms with Crippen LogP contribution in [-0.2, 0) is 0 Å². The second kappa shape index (κ2) is 5.56. The first-order chi connectivity index (χ1) is 9.49. The summed E-state index contributed by atoms with van der Waals surface area (Å²) in [4.78, 5) is 10.4. The average Bonchev–Trinajstić information content (AvgIpc) is 2.38. The van der Waals surface area contributed by atoms with Gasteiger partial charge in [0.25, 0.3) is 5.69 Å². The number of nitro benzene ring substituents is 1. The summed E-state index contributed by atoms with van der Waals surface area (Å²) in [6.45, 7) is 1.73. The van der Waals surface area contributed by atoms with Crippen molar-refractivity contribution in [3.8, 4) is 5.75 Å². The molecule has 0 spiro atoms. The van der Waals surface area contributed by atoms with E-state index in [0.29, 0.717) is 11.3 Å². The van der Waals surface area contributed by atoms with E-state index in [1.54, 1.807) is 25.1 Å². The fraction of sp³-hybridized carbons (Fsp3) is 0.143. The van der Waals surface area contributed by atoms with Gasteiger partial charge in [-0.2, -0.15) is 0 Å². The molecule has 2 aromatic rings. The Hall–Kier alpha value is -2.63. The molecule has 2 rings (SSSR count). The summed E-state index contributed by atoms with van der Waals surface area (Å²) in [5, 5.41) is 23.6. The number of aromatic hydroxyl groups is 1. The summed E-state index contributed by atoms with van der Waals surface area (Å²) in [7, 11) is 0. The van der Waals surface area contributed by atoms with E-state index in [4.69, 9.17) is 0 Å². The fourth-order valence-electron chi connectivity index (χ4n) is 1.95. The Morgan fingerprint density at radius 3 is 2.65 bits per heavy atom. The Labute approximate surface area is 114 Å². The van der Waals surface area contributed by atoms with Crippen LogP contribution in [-0.4, -0.2) is 10.0 Å². The minimum absolute atomic E-state index is 0.0547. The van der Waals surface area contributed by atoms with Crippen molar-refractivity contribution >= 4 is 11.4 Å². The molecule has 2 aromatic carbocycles. The van der Waals surface area contributed by atoms with Crippen molar-refractivity contribution in [3.05, 3.63) is 64.0 Å². The van der Waals surface area contributed by atoms with E-state index in [2.05, 4.69) is 5.32 Å². The van der Waals surface area contributed by atoms with Crippen LogP contribution in [0.1, 0.15) is 18.5 Å². The van der Waals surface area contributed by atoms with Gasteiger partial charge in [-0.1, -0.05) is 18.2 Å². The normalized spacial score (nSPS) is 11.9. The summed E-state index contributed by atoms with van der Waals surface area (Å²) in [6, 6.07) is 9.48. The highest BCUT2D eigenvalue weighted by Crippen LogP contribution is 2.31. The largest absolute Gasteiger partial charge is 0.507 e. The van der Waals surface area contributed by atoms with E-state index in [-0.39, 0.29) is 11.4 Å². The molecule has 2 N–H and O–H groups in total. The van der Waals surface area contributed by atoms with Gasteiger partial charge >= 0.3 is 0 Å². The highest BCUT2D eigenvalue weighted by Gasteiger charge is 2.17. The van der Waals surface area contributed by atoms with Crippen LogP contribution in [0.4, 0.5) is 15.8 Å². The maximum Gasteiger partial charge on any atom is 0.292 e. The lowest BCUT2D eigenvalue weighted by Crippen LogP contribution is -2.08. The number of nitrogens with one attached hydrogen (secondary N) is 1. The van der Waals surface area contributed by atoms with E-state index in [1.165, 1.54) is 18.2 Å². The van der Waals surface area contributed by atoms with Gasteiger partial charge < -0.3 is 10.4 Å². The van der Waals surface area contributed by atoms with Gasteiger partial charge in [0, 0.05) is 17.7 Å². The molecule has 0 aliphatic rings. The fourth-order valence-corrected chi connectivity index (χ4v) is 1.95. The van der Waals surface area contributed by atoms with Crippen molar-refractivity contribution in [3.63, 3.8) is 0 Å². The van der Waals surface area contributed by atoms with Crippen LogP contribution >= 0.6 is 0 Å². The molecule has 0 aliphatic carbocycles. The number of hydrogen-bond acceptors (Lipinski definition) is 4. The molecule has 0 aromatic heterocycles. The second-order valence-electron chi connectivity index (χ2n) is 4.34. The van der Waals surface area contributed by atoms with Gasteiger partial charge in [-0.25, -0.2) is 4.39 Å². The number of nitrogens with zero attached hydrogens (tertiary/aromatic N) is 1. The third-order valence-electron chi connectivity index (χ3n) is 2.93. The maximum atomic E-state index is 12.9. The highest BCUT2D eigenvalue weighted by atomic mass is 19.1. The van der Waals surface area contributed by atoms with Crippen LogP contribution in [0.25, 0.3) is 0 Å². The summed E-state index contributed by atoms with van der Waals surface area (Å²) in [5.74, 6) is -0.729. The molecule has 0 bridgehead atoms. The van der Waals surface area contributed by atoms with Crippen molar-refractivity contribution < 1.29 is 14.4 Å². The van der Waals surface area contributed by atoms with Gasteiger partial charge in [0.05, 0.1) is 11.0 Å². The standard InChI is InChI=1S/C14H13FN2O3/c1-9(11-7-6-10(15)8-14(11)18)16-12-4-2-3-5-13(12)17(19)20/h2-9,16,18H,1H3. The molecule has 0 radical (unpaired) electrons. The molecule has 0 saturated heterocycles. The van der Waals surface area contributed by atoms with E-state index in [9.17, 15) is 19.6 Å². The quantitative estimate of drug-likeness (QED) is 0.660. The molecule has 104 valence electrons. The molecular weight excluding hydrogens is 263 g/mol.